The number of anilines is 2. The Morgan fingerprint density at radius 3 is 2.03 bits per heavy atom. The summed E-state index contributed by atoms with van der Waals surface area (Å²) in [6.07, 6.45) is 0. The summed E-state index contributed by atoms with van der Waals surface area (Å²) < 4.78 is 28.0. The lowest BCUT2D eigenvalue weighted by atomic mass is 10.1. The largest absolute Gasteiger partial charge is 0.366 e. The molecule has 5 nitrogen and oxygen atoms in total. The highest BCUT2D eigenvalue weighted by atomic mass is 35.5. The Kier molecular flexibility index (Phi) is 6.37. The predicted octanol–water partition coefficient (Wildman–Crippen LogP) is 4.83. The highest BCUT2D eigenvalue weighted by molar-refractivity contribution is 6.31. The Hall–Kier alpha value is -3.45. The molecule has 3 aromatic rings. The topological polar surface area (TPSA) is 52.7 Å². The van der Waals surface area contributed by atoms with Crippen LogP contribution in [0.4, 0.5) is 20.2 Å². The van der Waals surface area contributed by atoms with Crippen molar-refractivity contribution in [2.75, 3.05) is 36.4 Å². The Morgan fingerprint density at radius 1 is 0.812 bits per heavy atom. The van der Waals surface area contributed by atoms with Gasteiger partial charge in [-0.3, -0.25) is 9.59 Å². The van der Waals surface area contributed by atoms with Gasteiger partial charge in [-0.2, -0.15) is 0 Å². The zero-order chi connectivity index (χ0) is 22.7. The van der Waals surface area contributed by atoms with Crippen LogP contribution in [0.2, 0.25) is 5.02 Å². The van der Waals surface area contributed by atoms with Crippen LogP contribution in [0.1, 0.15) is 20.7 Å². The first-order valence-electron chi connectivity index (χ1n) is 10.1. The molecule has 1 aliphatic rings. The minimum absolute atomic E-state index is 0.0466. The monoisotopic (exact) mass is 455 g/mol. The number of piperazine rings is 1. The molecule has 0 aromatic heterocycles. The van der Waals surface area contributed by atoms with Crippen LogP contribution < -0.4 is 10.2 Å². The van der Waals surface area contributed by atoms with Crippen molar-refractivity contribution in [1.82, 2.24) is 4.90 Å². The number of amides is 2. The molecular weight excluding hydrogens is 436 g/mol. The Morgan fingerprint density at radius 2 is 1.41 bits per heavy atom. The number of carbonyl (C=O) groups is 2. The van der Waals surface area contributed by atoms with E-state index >= 15 is 0 Å². The quantitative estimate of drug-likeness (QED) is 0.613. The zero-order valence-electron chi connectivity index (χ0n) is 17.0. The van der Waals surface area contributed by atoms with E-state index in [2.05, 4.69) is 5.32 Å². The summed E-state index contributed by atoms with van der Waals surface area (Å²) in [6.45, 7) is 1.72. The first kappa shape index (κ1) is 21.8. The fraction of sp³-hybridized carbons (Fsp3) is 0.167. The van der Waals surface area contributed by atoms with E-state index in [-0.39, 0.29) is 17.0 Å². The molecule has 1 N–H and O–H groups in total. The SMILES string of the molecule is O=C(Nc1cc(Cl)ccc1N1CCN(C(=O)c2ccccc2F)CC1)c1ccccc1F. The second kappa shape index (κ2) is 9.36. The highest BCUT2D eigenvalue weighted by Gasteiger charge is 2.25. The van der Waals surface area contributed by atoms with E-state index in [9.17, 15) is 18.4 Å². The number of halogens is 3. The van der Waals surface area contributed by atoms with Gasteiger partial charge in [0.05, 0.1) is 22.5 Å². The smallest absolute Gasteiger partial charge is 0.258 e. The van der Waals surface area contributed by atoms with Gasteiger partial charge in [-0.25, -0.2) is 8.78 Å². The van der Waals surface area contributed by atoms with Crippen LogP contribution in [0.3, 0.4) is 0 Å². The zero-order valence-corrected chi connectivity index (χ0v) is 17.8. The van der Waals surface area contributed by atoms with Crippen molar-refractivity contribution in [2.24, 2.45) is 0 Å². The third-order valence-electron chi connectivity index (χ3n) is 5.34. The lowest BCUT2D eigenvalue weighted by Gasteiger charge is -2.37. The summed E-state index contributed by atoms with van der Waals surface area (Å²) >= 11 is 6.13. The molecule has 8 heteroatoms. The van der Waals surface area contributed by atoms with Gasteiger partial charge in [0, 0.05) is 31.2 Å². The van der Waals surface area contributed by atoms with Gasteiger partial charge in [0.25, 0.3) is 11.8 Å². The van der Waals surface area contributed by atoms with E-state index in [4.69, 9.17) is 11.6 Å². The molecular formula is C24H20ClF2N3O2. The first-order chi connectivity index (χ1) is 15.4. The maximum atomic E-state index is 14.0. The predicted molar refractivity (Wildman–Crippen MR) is 120 cm³/mol. The normalized spacial score (nSPS) is 13.7. The van der Waals surface area contributed by atoms with Crippen molar-refractivity contribution >= 4 is 34.8 Å². The molecule has 0 atom stereocenters. The molecule has 0 saturated carbocycles. The third kappa shape index (κ3) is 4.57. The number of hydrogen-bond acceptors (Lipinski definition) is 3. The Bertz CT molecular complexity index is 1160. The van der Waals surface area contributed by atoms with Gasteiger partial charge in [-0.15, -0.1) is 0 Å². The van der Waals surface area contributed by atoms with Crippen molar-refractivity contribution < 1.29 is 18.4 Å². The molecule has 0 radical (unpaired) electrons. The standard InChI is InChI=1S/C24H20ClF2N3O2/c25-16-9-10-22(21(15-16)28-23(31)17-5-1-3-7-19(17)26)29-11-13-30(14-12-29)24(32)18-6-2-4-8-20(18)27/h1-10,15H,11-14H2,(H,28,31). The number of carbonyl (C=O) groups excluding carboxylic acids is 2. The summed E-state index contributed by atoms with van der Waals surface area (Å²) in [7, 11) is 0. The lowest BCUT2D eigenvalue weighted by Crippen LogP contribution is -2.49. The molecule has 3 aromatic carbocycles. The Labute approximate surface area is 189 Å². The van der Waals surface area contributed by atoms with Crippen LogP contribution in [-0.2, 0) is 0 Å². The van der Waals surface area contributed by atoms with Gasteiger partial charge in [0.15, 0.2) is 0 Å². The third-order valence-corrected chi connectivity index (χ3v) is 5.57. The van der Waals surface area contributed by atoms with Crippen LogP contribution in [0, 0.1) is 11.6 Å². The number of rotatable bonds is 4. The van der Waals surface area contributed by atoms with E-state index < -0.39 is 17.5 Å². The Balaban J connectivity index is 1.49. The highest BCUT2D eigenvalue weighted by Crippen LogP contribution is 2.31. The van der Waals surface area contributed by atoms with Crippen LogP contribution >= 0.6 is 11.6 Å². The van der Waals surface area contributed by atoms with Gasteiger partial charge in [0.1, 0.15) is 11.6 Å². The summed E-state index contributed by atoms with van der Waals surface area (Å²) in [6, 6.07) is 16.7. The van der Waals surface area contributed by atoms with Gasteiger partial charge >= 0.3 is 0 Å². The fourth-order valence-corrected chi connectivity index (χ4v) is 3.85. The van der Waals surface area contributed by atoms with Crippen LogP contribution in [0.5, 0.6) is 0 Å². The molecule has 1 saturated heterocycles. The average Bonchev–Trinajstić information content (AvgIpc) is 2.79. The van der Waals surface area contributed by atoms with E-state index in [0.29, 0.717) is 42.6 Å². The molecule has 1 fully saturated rings. The second-order valence-corrected chi connectivity index (χ2v) is 7.79. The second-order valence-electron chi connectivity index (χ2n) is 7.35. The molecule has 0 unspecified atom stereocenters. The summed E-state index contributed by atoms with van der Waals surface area (Å²) in [5.74, 6) is -2.10. The molecule has 32 heavy (non-hydrogen) atoms. The van der Waals surface area contributed by atoms with Crippen LogP contribution in [0.15, 0.2) is 66.7 Å². The van der Waals surface area contributed by atoms with E-state index in [1.54, 1.807) is 41.3 Å². The van der Waals surface area contributed by atoms with Crippen molar-refractivity contribution in [3.05, 3.63) is 94.5 Å². The molecule has 0 bridgehead atoms. The summed E-state index contributed by atoms with van der Waals surface area (Å²) in [4.78, 5) is 28.9. The summed E-state index contributed by atoms with van der Waals surface area (Å²) in [5, 5.41) is 3.16. The molecule has 164 valence electrons. The number of hydrogen-bond donors (Lipinski definition) is 1. The minimum Gasteiger partial charge on any atom is -0.366 e. The fourth-order valence-electron chi connectivity index (χ4n) is 3.67. The van der Waals surface area contributed by atoms with E-state index in [1.165, 1.54) is 30.3 Å². The van der Waals surface area contributed by atoms with Gasteiger partial charge in [-0.1, -0.05) is 35.9 Å². The van der Waals surface area contributed by atoms with Crippen molar-refractivity contribution in [3.63, 3.8) is 0 Å². The molecule has 4 rings (SSSR count). The summed E-state index contributed by atoms with van der Waals surface area (Å²) in [5.41, 5.74) is 1.13. The number of benzene rings is 3. The number of nitrogens with one attached hydrogen (secondary N) is 1. The van der Waals surface area contributed by atoms with Crippen molar-refractivity contribution in [1.29, 1.82) is 0 Å². The number of nitrogens with zero attached hydrogens (tertiary/aromatic N) is 2. The maximum Gasteiger partial charge on any atom is 0.258 e. The minimum atomic E-state index is -0.617. The van der Waals surface area contributed by atoms with E-state index in [1.807, 2.05) is 4.90 Å². The van der Waals surface area contributed by atoms with Crippen molar-refractivity contribution in [3.8, 4) is 0 Å². The molecule has 2 amide bonds. The molecule has 0 aliphatic carbocycles. The maximum absolute atomic E-state index is 14.0. The first-order valence-corrected chi connectivity index (χ1v) is 10.5. The van der Waals surface area contributed by atoms with Crippen LogP contribution in [0.25, 0.3) is 0 Å². The molecule has 1 heterocycles. The van der Waals surface area contributed by atoms with Crippen LogP contribution in [-0.4, -0.2) is 42.9 Å². The van der Waals surface area contributed by atoms with E-state index in [0.717, 1.165) is 0 Å². The molecule has 0 spiro atoms. The van der Waals surface area contributed by atoms with Crippen molar-refractivity contribution in [2.45, 2.75) is 0 Å². The average molecular weight is 456 g/mol. The van der Waals surface area contributed by atoms with Gasteiger partial charge in [-0.05, 0) is 42.5 Å². The van der Waals surface area contributed by atoms with Gasteiger partial charge < -0.3 is 15.1 Å². The lowest BCUT2D eigenvalue weighted by molar-refractivity contribution is 0.0742. The van der Waals surface area contributed by atoms with Gasteiger partial charge in [0.2, 0.25) is 0 Å². The molecule has 1 aliphatic heterocycles.